The lowest BCUT2D eigenvalue weighted by molar-refractivity contribution is -0.150. The Morgan fingerprint density at radius 1 is 1.07 bits per heavy atom. The number of urea groups is 1. The van der Waals surface area contributed by atoms with Crippen LogP contribution in [0.5, 0.6) is 5.75 Å². The van der Waals surface area contributed by atoms with Gasteiger partial charge in [-0.25, -0.2) is 13.2 Å². The smallest absolute Gasteiger partial charge is 0.328 e. The van der Waals surface area contributed by atoms with Crippen LogP contribution in [0.4, 0.5) is 4.79 Å². The molecule has 0 radical (unpaired) electrons. The first-order valence-corrected chi connectivity index (χ1v) is 10.6. The highest BCUT2D eigenvalue weighted by Crippen LogP contribution is 2.59. The molecule has 4 rings (SSSR count). The Morgan fingerprint density at radius 3 is 2.36 bits per heavy atom. The number of ether oxygens (including phenoxy) is 1. The molecule has 28 heavy (non-hydrogen) atoms. The fourth-order valence-corrected chi connectivity index (χ4v) is 7.15. The van der Waals surface area contributed by atoms with E-state index < -0.39 is 44.9 Å². The van der Waals surface area contributed by atoms with E-state index in [2.05, 4.69) is 10.6 Å². The van der Waals surface area contributed by atoms with Crippen molar-refractivity contribution in [2.45, 2.75) is 25.7 Å². The minimum absolute atomic E-state index is 0.126. The first kappa shape index (κ1) is 18.7. The predicted molar refractivity (Wildman–Crippen MR) is 99.1 cm³/mol. The van der Waals surface area contributed by atoms with Crippen LogP contribution in [0.15, 0.2) is 34.7 Å². The quantitative estimate of drug-likeness (QED) is 0.716. The summed E-state index contributed by atoms with van der Waals surface area (Å²) in [6.45, 7) is 1.73. The summed E-state index contributed by atoms with van der Waals surface area (Å²) < 4.78 is 30.8. The summed E-state index contributed by atoms with van der Waals surface area (Å²) >= 11 is 0. The van der Waals surface area contributed by atoms with Gasteiger partial charge in [-0.2, -0.15) is 0 Å². The molecule has 0 aromatic heterocycles. The Morgan fingerprint density at radius 2 is 1.71 bits per heavy atom. The molecule has 9 heteroatoms. The molecule has 148 valence electrons. The molecule has 1 spiro atoms. The second-order valence-electron chi connectivity index (χ2n) is 7.41. The maximum Gasteiger partial charge on any atom is 0.328 e. The molecule has 2 fully saturated rings. The van der Waals surface area contributed by atoms with Crippen LogP contribution in [-0.4, -0.2) is 39.1 Å². The number of nitrogens with one attached hydrogen (secondary N) is 2. The number of benzene rings is 1. The van der Waals surface area contributed by atoms with Crippen molar-refractivity contribution in [3.05, 3.63) is 40.3 Å². The largest absolute Gasteiger partial charge is 0.496 e. The lowest BCUT2D eigenvalue weighted by atomic mass is 9.56. The summed E-state index contributed by atoms with van der Waals surface area (Å²) in [5.74, 6) is -2.64. The van der Waals surface area contributed by atoms with Crippen LogP contribution < -0.4 is 15.4 Å². The predicted octanol–water partition coefficient (Wildman–Crippen LogP) is 1.24. The summed E-state index contributed by atoms with van der Waals surface area (Å²) in [5, 5.41) is 4.39. The van der Waals surface area contributed by atoms with Crippen LogP contribution in [0.1, 0.15) is 31.2 Å². The van der Waals surface area contributed by atoms with E-state index in [1.807, 2.05) is 0 Å². The van der Waals surface area contributed by atoms with Gasteiger partial charge in [0, 0.05) is 16.7 Å². The zero-order chi connectivity index (χ0) is 20.3. The molecule has 4 amide bonds. The van der Waals surface area contributed by atoms with Gasteiger partial charge in [-0.1, -0.05) is 23.8 Å². The maximum atomic E-state index is 13.2. The molecule has 1 aromatic rings. The highest BCUT2D eigenvalue weighted by molar-refractivity contribution is 7.95. The number of imide groups is 2. The van der Waals surface area contributed by atoms with Gasteiger partial charge in [-0.15, -0.1) is 0 Å². The first-order valence-electron chi connectivity index (χ1n) is 8.95. The molecular formula is C19H20N2O6S. The van der Waals surface area contributed by atoms with Gasteiger partial charge >= 0.3 is 6.03 Å². The average Bonchev–Trinajstić information content (AvgIpc) is 2.96. The number of fused-ring (bicyclic) bond motifs is 2. The second kappa shape index (κ2) is 6.16. The molecule has 0 bridgehead atoms. The van der Waals surface area contributed by atoms with Crippen molar-refractivity contribution in [2.75, 3.05) is 12.9 Å². The monoisotopic (exact) mass is 404 g/mol. The summed E-state index contributed by atoms with van der Waals surface area (Å²) in [6.07, 6.45) is 0.343. The van der Waals surface area contributed by atoms with Crippen molar-refractivity contribution in [1.29, 1.82) is 0 Å². The van der Waals surface area contributed by atoms with E-state index in [1.54, 1.807) is 31.2 Å². The van der Waals surface area contributed by atoms with Gasteiger partial charge in [0.2, 0.25) is 11.8 Å². The molecule has 2 saturated heterocycles. The van der Waals surface area contributed by atoms with Crippen molar-refractivity contribution < 1.29 is 27.5 Å². The molecule has 1 aliphatic carbocycles. The van der Waals surface area contributed by atoms with Gasteiger partial charge in [-0.05, 0) is 31.4 Å². The number of barbiturate groups is 1. The summed E-state index contributed by atoms with van der Waals surface area (Å²) in [5.41, 5.74) is -0.463. The zero-order valence-corrected chi connectivity index (χ0v) is 16.3. The Balaban J connectivity index is 2.01. The lowest BCUT2D eigenvalue weighted by Crippen LogP contribution is -2.67. The van der Waals surface area contributed by atoms with E-state index in [4.69, 9.17) is 4.74 Å². The second-order valence-corrected chi connectivity index (χ2v) is 9.49. The van der Waals surface area contributed by atoms with Gasteiger partial charge in [0.25, 0.3) is 0 Å². The molecule has 1 aromatic carbocycles. The molecule has 2 atom stereocenters. The lowest BCUT2D eigenvalue weighted by Gasteiger charge is -2.47. The number of methoxy groups -OCH3 is 1. The van der Waals surface area contributed by atoms with Crippen molar-refractivity contribution in [3.63, 3.8) is 0 Å². The Hall–Kier alpha value is -2.68. The minimum atomic E-state index is -3.55. The summed E-state index contributed by atoms with van der Waals surface area (Å²) in [6, 6.07) is 6.15. The van der Waals surface area contributed by atoms with Crippen molar-refractivity contribution in [2.24, 2.45) is 11.3 Å². The van der Waals surface area contributed by atoms with Gasteiger partial charge in [0.15, 0.2) is 9.84 Å². The summed E-state index contributed by atoms with van der Waals surface area (Å²) in [7, 11) is -2.06. The van der Waals surface area contributed by atoms with Crippen LogP contribution in [0, 0.1) is 11.3 Å². The molecule has 0 saturated carbocycles. The number of allylic oxidation sites excluding steroid dienone is 2. The normalized spacial score (nSPS) is 28.0. The first-order chi connectivity index (χ1) is 13.2. The molecular weight excluding hydrogens is 384 g/mol. The van der Waals surface area contributed by atoms with Gasteiger partial charge in [0.1, 0.15) is 11.2 Å². The fourth-order valence-electron chi connectivity index (χ4n) is 5.03. The highest BCUT2D eigenvalue weighted by atomic mass is 32.2. The van der Waals surface area contributed by atoms with Gasteiger partial charge < -0.3 is 4.74 Å². The van der Waals surface area contributed by atoms with Crippen molar-refractivity contribution in [3.8, 4) is 5.75 Å². The maximum absolute atomic E-state index is 13.2. The minimum Gasteiger partial charge on any atom is -0.496 e. The van der Waals surface area contributed by atoms with E-state index in [-0.39, 0.29) is 23.5 Å². The van der Waals surface area contributed by atoms with E-state index in [9.17, 15) is 22.8 Å². The number of carbonyl (C=O) groups is 3. The van der Waals surface area contributed by atoms with Crippen LogP contribution in [0.2, 0.25) is 0 Å². The van der Waals surface area contributed by atoms with Crippen molar-refractivity contribution in [1.82, 2.24) is 10.6 Å². The molecule has 2 N–H and O–H groups in total. The third-order valence-electron chi connectivity index (χ3n) is 6.08. The summed E-state index contributed by atoms with van der Waals surface area (Å²) in [4.78, 5) is 38.3. The van der Waals surface area contributed by atoms with E-state index in [0.29, 0.717) is 16.9 Å². The topological polar surface area (TPSA) is 119 Å². The standard InChI is InChI=1S/C19H20N2O6S/c1-10-9-13(11-5-3-4-6-14(11)27-2)19(12-7-8-28(25,26)15(10)12)16(22)20-18(24)21-17(19)23/h3-6,12-13H,7-9H2,1-2H3,(H2,20,21,22,23,24)/t12?,13-/m1/s1. The third-order valence-corrected chi connectivity index (χ3v) is 8.15. The number of amides is 4. The molecule has 2 aliphatic heterocycles. The number of hydrogen-bond donors (Lipinski definition) is 2. The van der Waals surface area contributed by atoms with Gasteiger partial charge in [-0.3, -0.25) is 20.2 Å². The highest BCUT2D eigenvalue weighted by Gasteiger charge is 2.66. The number of rotatable bonds is 2. The van der Waals surface area contributed by atoms with E-state index in [0.717, 1.165) is 0 Å². The molecule has 1 unspecified atom stereocenters. The molecule has 2 heterocycles. The third kappa shape index (κ3) is 2.35. The Bertz CT molecular complexity index is 1020. The zero-order valence-electron chi connectivity index (χ0n) is 15.4. The van der Waals surface area contributed by atoms with E-state index in [1.165, 1.54) is 7.11 Å². The Labute approximate surface area is 162 Å². The number of carbonyl (C=O) groups excluding carboxylic acids is 3. The van der Waals surface area contributed by atoms with E-state index >= 15 is 0 Å². The number of hydrogen-bond acceptors (Lipinski definition) is 6. The van der Waals surface area contributed by atoms with Gasteiger partial charge in [0.05, 0.1) is 12.9 Å². The number of para-hydroxylation sites is 1. The molecule has 3 aliphatic rings. The van der Waals surface area contributed by atoms with Crippen LogP contribution >= 0.6 is 0 Å². The molecule has 8 nitrogen and oxygen atoms in total. The van der Waals surface area contributed by atoms with Crippen LogP contribution in [0.3, 0.4) is 0 Å². The SMILES string of the molecule is COc1ccccc1[C@H]1CC(C)=C2C(CCS2(=O)=O)C12C(=O)NC(=O)NC2=O. The van der Waals surface area contributed by atoms with Crippen molar-refractivity contribution >= 4 is 27.7 Å². The average molecular weight is 404 g/mol. The number of sulfone groups is 1. The van der Waals surface area contributed by atoms with Crippen LogP contribution in [0.25, 0.3) is 0 Å². The fraction of sp³-hybridized carbons (Fsp3) is 0.421. The van der Waals surface area contributed by atoms with Crippen LogP contribution in [-0.2, 0) is 19.4 Å². The Kier molecular flexibility index (Phi) is 4.11.